The van der Waals surface area contributed by atoms with Crippen molar-refractivity contribution in [2.75, 3.05) is 0 Å². The predicted octanol–water partition coefficient (Wildman–Crippen LogP) is 2.89. The van der Waals surface area contributed by atoms with Crippen LogP contribution in [0.25, 0.3) is 17.1 Å². The number of para-hydroxylation sites is 1. The largest absolute Gasteiger partial charge is 0.305 e. The van der Waals surface area contributed by atoms with Crippen LogP contribution in [-0.2, 0) is 12.8 Å². The molecule has 0 N–H and O–H groups in total. The summed E-state index contributed by atoms with van der Waals surface area (Å²) in [5.41, 5.74) is 1.31. The lowest BCUT2D eigenvalue weighted by Crippen LogP contribution is -2.02. The van der Waals surface area contributed by atoms with Crippen molar-refractivity contribution in [2.45, 2.75) is 10.9 Å². The van der Waals surface area contributed by atoms with Gasteiger partial charge in [0.2, 0.25) is 0 Å². The smallest absolute Gasteiger partial charge is 0.191 e. The molecule has 2 aromatic carbocycles. The van der Waals surface area contributed by atoms with E-state index in [1.54, 1.807) is 27.4 Å². The lowest BCUT2D eigenvalue weighted by molar-refractivity contribution is 0.628. The molecule has 0 bridgehead atoms. The van der Waals surface area contributed by atoms with E-state index in [4.69, 9.17) is 0 Å². The fraction of sp³-hybridized carbons (Fsp3) is 0.118. The zero-order valence-corrected chi connectivity index (χ0v) is 14.6. The minimum Gasteiger partial charge on any atom is -0.305 e. The Kier molecular flexibility index (Phi) is 4.44. The number of hydrogen-bond acceptors (Lipinski definition) is 6. The minimum absolute atomic E-state index is 0.326. The van der Waals surface area contributed by atoms with E-state index < -0.39 is 0 Å². The van der Waals surface area contributed by atoms with Crippen LogP contribution in [-0.4, -0.2) is 35.0 Å². The Hall–Kier alpha value is -3.07. The highest BCUT2D eigenvalue weighted by molar-refractivity contribution is 7.98. The van der Waals surface area contributed by atoms with Crippen LogP contribution in [0.4, 0.5) is 4.39 Å². The summed E-state index contributed by atoms with van der Waals surface area (Å²) in [6.07, 6.45) is 0. The Morgan fingerprint density at radius 2 is 1.73 bits per heavy atom. The monoisotopic (exact) mass is 367 g/mol. The van der Waals surface area contributed by atoms with Crippen molar-refractivity contribution in [3.05, 3.63) is 66.2 Å². The zero-order chi connectivity index (χ0) is 17.9. The van der Waals surface area contributed by atoms with Gasteiger partial charge in [-0.3, -0.25) is 0 Å². The first-order valence-electron chi connectivity index (χ1n) is 7.84. The Morgan fingerprint density at radius 1 is 0.962 bits per heavy atom. The van der Waals surface area contributed by atoms with Gasteiger partial charge in [-0.05, 0) is 34.7 Å². The molecule has 4 aromatic rings. The molecular formula is C17H14FN7S. The topological polar surface area (TPSA) is 74.3 Å². The van der Waals surface area contributed by atoms with Crippen LogP contribution in [0, 0.1) is 5.82 Å². The maximum absolute atomic E-state index is 14.0. The van der Waals surface area contributed by atoms with Crippen LogP contribution in [0.5, 0.6) is 0 Å². The van der Waals surface area contributed by atoms with Gasteiger partial charge >= 0.3 is 0 Å². The number of nitrogens with zero attached hydrogens (tertiary/aromatic N) is 7. The average Bonchev–Trinajstić information content (AvgIpc) is 3.28. The number of thioether (sulfide) groups is 1. The highest BCUT2D eigenvalue weighted by atomic mass is 32.2. The summed E-state index contributed by atoms with van der Waals surface area (Å²) in [5, 5.41) is 20.8. The van der Waals surface area contributed by atoms with Crippen molar-refractivity contribution in [1.82, 2.24) is 35.0 Å². The molecule has 2 heterocycles. The van der Waals surface area contributed by atoms with E-state index in [2.05, 4.69) is 25.7 Å². The van der Waals surface area contributed by atoms with Crippen molar-refractivity contribution < 1.29 is 4.39 Å². The Labute approximate surface area is 152 Å². The molecule has 0 saturated heterocycles. The van der Waals surface area contributed by atoms with Crippen LogP contribution in [0.15, 0.2) is 59.8 Å². The molecular weight excluding hydrogens is 353 g/mol. The summed E-state index contributed by atoms with van der Waals surface area (Å²) >= 11 is 1.44. The second kappa shape index (κ2) is 7.04. The third-order valence-electron chi connectivity index (χ3n) is 3.81. The number of aromatic nitrogens is 7. The van der Waals surface area contributed by atoms with Crippen molar-refractivity contribution in [1.29, 1.82) is 0 Å². The van der Waals surface area contributed by atoms with Crippen molar-refractivity contribution in [3.8, 4) is 17.1 Å². The lowest BCUT2D eigenvalue weighted by Gasteiger charge is -2.05. The van der Waals surface area contributed by atoms with Gasteiger partial charge < -0.3 is 4.57 Å². The summed E-state index contributed by atoms with van der Waals surface area (Å²) in [7, 11) is 1.81. The van der Waals surface area contributed by atoms with E-state index in [1.165, 1.54) is 17.8 Å². The minimum atomic E-state index is -0.326. The molecule has 0 spiro atoms. The van der Waals surface area contributed by atoms with Crippen LogP contribution in [0.2, 0.25) is 0 Å². The van der Waals surface area contributed by atoms with E-state index in [9.17, 15) is 4.39 Å². The van der Waals surface area contributed by atoms with Gasteiger partial charge in [0.25, 0.3) is 0 Å². The summed E-state index contributed by atoms with van der Waals surface area (Å²) < 4.78 is 17.4. The summed E-state index contributed by atoms with van der Waals surface area (Å²) in [5.74, 6) is 1.35. The molecule has 7 nitrogen and oxygen atoms in total. The normalized spacial score (nSPS) is 11.0. The molecule has 0 fully saturated rings. The highest BCUT2D eigenvalue weighted by Crippen LogP contribution is 2.26. The van der Waals surface area contributed by atoms with Gasteiger partial charge in [0.1, 0.15) is 5.82 Å². The average molecular weight is 367 g/mol. The van der Waals surface area contributed by atoms with Gasteiger partial charge in [-0.2, -0.15) is 4.68 Å². The fourth-order valence-electron chi connectivity index (χ4n) is 2.51. The Bertz CT molecular complexity index is 1030. The molecule has 0 aliphatic heterocycles. The molecule has 0 amide bonds. The van der Waals surface area contributed by atoms with Gasteiger partial charge in [-0.25, -0.2) is 4.39 Å². The van der Waals surface area contributed by atoms with Gasteiger partial charge in [0.05, 0.1) is 17.0 Å². The van der Waals surface area contributed by atoms with Crippen molar-refractivity contribution in [3.63, 3.8) is 0 Å². The van der Waals surface area contributed by atoms with Gasteiger partial charge in [0.15, 0.2) is 16.8 Å². The van der Waals surface area contributed by atoms with E-state index >= 15 is 0 Å². The molecule has 0 aliphatic carbocycles. The molecule has 0 saturated carbocycles. The van der Waals surface area contributed by atoms with E-state index in [1.807, 2.05) is 37.4 Å². The Balaban J connectivity index is 1.56. The quantitative estimate of drug-likeness (QED) is 0.505. The third kappa shape index (κ3) is 3.08. The molecule has 2 aromatic heterocycles. The van der Waals surface area contributed by atoms with Gasteiger partial charge in [-0.1, -0.05) is 42.1 Å². The number of rotatable bonds is 5. The molecule has 0 aliphatic rings. The molecule has 0 unspecified atom stereocenters. The lowest BCUT2D eigenvalue weighted by atomic mass is 10.2. The van der Waals surface area contributed by atoms with Crippen LogP contribution >= 0.6 is 11.8 Å². The van der Waals surface area contributed by atoms with E-state index in [0.29, 0.717) is 28.1 Å². The van der Waals surface area contributed by atoms with Crippen molar-refractivity contribution >= 4 is 11.8 Å². The number of benzene rings is 2. The Morgan fingerprint density at radius 3 is 2.54 bits per heavy atom. The van der Waals surface area contributed by atoms with Gasteiger partial charge in [-0.15, -0.1) is 15.3 Å². The number of hydrogen-bond donors (Lipinski definition) is 0. The third-order valence-corrected chi connectivity index (χ3v) is 4.83. The second-order valence-electron chi connectivity index (χ2n) is 5.48. The maximum Gasteiger partial charge on any atom is 0.191 e. The predicted molar refractivity (Wildman–Crippen MR) is 95.1 cm³/mol. The molecule has 4 rings (SSSR count). The van der Waals surface area contributed by atoms with E-state index in [0.717, 1.165) is 5.69 Å². The first kappa shape index (κ1) is 16.4. The zero-order valence-electron chi connectivity index (χ0n) is 13.8. The standard InChI is InChI=1S/C17H14FN7S/c1-24-16(13-9-5-6-10-14(13)18)20-21-17(24)26-11-15-19-22-23-25(15)12-7-3-2-4-8-12/h2-10H,11H2,1H3. The highest BCUT2D eigenvalue weighted by Gasteiger charge is 2.16. The van der Waals surface area contributed by atoms with Crippen LogP contribution < -0.4 is 0 Å². The molecule has 0 atom stereocenters. The summed E-state index contributed by atoms with van der Waals surface area (Å²) in [4.78, 5) is 0. The summed E-state index contributed by atoms with van der Waals surface area (Å²) in [6, 6.07) is 16.2. The fourth-order valence-corrected chi connectivity index (χ4v) is 3.33. The first-order valence-corrected chi connectivity index (χ1v) is 8.82. The van der Waals surface area contributed by atoms with Crippen LogP contribution in [0.3, 0.4) is 0 Å². The summed E-state index contributed by atoms with van der Waals surface area (Å²) in [6.45, 7) is 0. The SMILES string of the molecule is Cn1c(SCc2nnnn2-c2ccccc2)nnc1-c1ccccc1F. The second-order valence-corrected chi connectivity index (χ2v) is 6.42. The van der Waals surface area contributed by atoms with E-state index in [-0.39, 0.29) is 5.82 Å². The number of tetrazole rings is 1. The molecule has 130 valence electrons. The molecule has 26 heavy (non-hydrogen) atoms. The first-order chi connectivity index (χ1) is 12.7. The number of halogens is 1. The molecule has 9 heteroatoms. The molecule has 0 radical (unpaired) electrons. The van der Waals surface area contributed by atoms with Gasteiger partial charge in [0, 0.05) is 7.05 Å². The van der Waals surface area contributed by atoms with Crippen molar-refractivity contribution in [2.24, 2.45) is 7.05 Å². The maximum atomic E-state index is 14.0. The van der Waals surface area contributed by atoms with Crippen LogP contribution in [0.1, 0.15) is 5.82 Å².